The second-order valence-electron chi connectivity index (χ2n) is 8.28. The number of amides is 2. The van der Waals surface area contributed by atoms with Crippen molar-refractivity contribution in [3.8, 4) is 17.1 Å². The molecule has 9 heteroatoms. The van der Waals surface area contributed by atoms with E-state index in [2.05, 4.69) is 10.2 Å². The third-order valence-electron chi connectivity index (χ3n) is 5.93. The SMILES string of the molecule is Cc1ccc(-n2c(SCC(=O)N3CCN(C(=O)c4ccco4)CC3)nnc2-c2ccccc2)cc1. The molecule has 1 fully saturated rings. The topological polar surface area (TPSA) is 84.5 Å². The Bertz CT molecular complexity index is 1290. The number of carbonyl (C=O) groups is 2. The van der Waals surface area contributed by atoms with Crippen LogP contribution in [0.4, 0.5) is 0 Å². The lowest BCUT2D eigenvalue weighted by molar-refractivity contribution is -0.129. The molecule has 1 aliphatic heterocycles. The number of thioether (sulfide) groups is 1. The highest BCUT2D eigenvalue weighted by Crippen LogP contribution is 2.28. The zero-order chi connectivity index (χ0) is 24.2. The van der Waals surface area contributed by atoms with Crippen molar-refractivity contribution in [2.24, 2.45) is 0 Å². The van der Waals surface area contributed by atoms with Crippen molar-refractivity contribution in [3.05, 3.63) is 84.3 Å². The van der Waals surface area contributed by atoms with Crippen LogP contribution in [0.15, 0.2) is 82.6 Å². The Balaban J connectivity index is 1.27. The minimum Gasteiger partial charge on any atom is -0.459 e. The van der Waals surface area contributed by atoms with E-state index in [1.165, 1.54) is 18.0 Å². The van der Waals surface area contributed by atoms with Gasteiger partial charge in [-0.1, -0.05) is 59.8 Å². The number of benzene rings is 2. The number of carbonyl (C=O) groups excluding carboxylic acids is 2. The van der Waals surface area contributed by atoms with Gasteiger partial charge in [-0.3, -0.25) is 14.2 Å². The molecular formula is C26H25N5O3S. The van der Waals surface area contributed by atoms with Crippen LogP contribution in [-0.4, -0.2) is 68.3 Å². The van der Waals surface area contributed by atoms with Crippen molar-refractivity contribution >= 4 is 23.6 Å². The summed E-state index contributed by atoms with van der Waals surface area (Å²) in [4.78, 5) is 29.0. The fraction of sp³-hybridized carbons (Fsp3) is 0.231. The number of furan rings is 1. The molecule has 1 saturated heterocycles. The number of rotatable bonds is 6. The smallest absolute Gasteiger partial charge is 0.289 e. The molecule has 0 atom stereocenters. The largest absolute Gasteiger partial charge is 0.459 e. The molecular weight excluding hydrogens is 462 g/mol. The van der Waals surface area contributed by atoms with E-state index < -0.39 is 0 Å². The van der Waals surface area contributed by atoms with Gasteiger partial charge >= 0.3 is 0 Å². The normalized spacial score (nSPS) is 13.7. The van der Waals surface area contributed by atoms with Gasteiger partial charge in [-0.05, 0) is 31.2 Å². The first kappa shape index (κ1) is 22.9. The van der Waals surface area contributed by atoms with E-state index in [1.807, 2.05) is 66.1 Å². The minimum atomic E-state index is -0.142. The molecule has 178 valence electrons. The van der Waals surface area contributed by atoms with Gasteiger partial charge in [0.05, 0.1) is 12.0 Å². The fourth-order valence-corrected chi connectivity index (χ4v) is 4.85. The number of aryl methyl sites for hydroxylation is 1. The van der Waals surface area contributed by atoms with Crippen LogP contribution in [-0.2, 0) is 4.79 Å². The summed E-state index contributed by atoms with van der Waals surface area (Å²) in [5.74, 6) is 1.17. The van der Waals surface area contributed by atoms with Gasteiger partial charge in [-0.25, -0.2) is 0 Å². The van der Waals surface area contributed by atoms with Gasteiger partial charge in [0.25, 0.3) is 5.91 Å². The molecule has 0 radical (unpaired) electrons. The van der Waals surface area contributed by atoms with Crippen LogP contribution in [0.2, 0.25) is 0 Å². The third kappa shape index (κ3) is 5.00. The summed E-state index contributed by atoms with van der Waals surface area (Å²) in [6, 6.07) is 21.4. The maximum Gasteiger partial charge on any atom is 0.289 e. The van der Waals surface area contributed by atoms with Crippen LogP contribution in [0, 0.1) is 6.92 Å². The fourth-order valence-electron chi connectivity index (χ4n) is 4.00. The highest BCUT2D eigenvalue weighted by molar-refractivity contribution is 7.99. The van der Waals surface area contributed by atoms with Gasteiger partial charge in [0, 0.05) is 37.4 Å². The predicted molar refractivity (Wildman–Crippen MR) is 133 cm³/mol. The van der Waals surface area contributed by atoms with Crippen molar-refractivity contribution in [2.75, 3.05) is 31.9 Å². The Morgan fingerprint density at radius 1 is 0.886 bits per heavy atom. The van der Waals surface area contributed by atoms with Gasteiger partial charge in [-0.2, -0.15) is 0 Å². The molecule has 0 saturated carbocycles. The molecule has 0 spiro atoms. The molecule has 2 aromatic heterocycles. The number of hydrogen-bond acceptors (Lipinski definition) is 6. The molecule has 5 rings (SSSR count). The number of hydrogen-bond donors (Lipinski definition) is 0. The first-order chi connectivity index (χ1) is 17.1. The summed E-state index contributed by atoms with van der Waals surface area (Å²) in [5.41, 5.74) is 3.06. The standard InChI is InChI=1S/C26H25N5O3S/c1-19-9-11-21(12-10-19)31-24(20-6-3-2-4-7-20)27-28-26(31)35-18-23(32)29-13-15-30(16-14-29)25(33)22-8-5-17-34-22/h2-12,17H,13-16,18H2,1H3. The van der Waals surface area contributed by atoms with Crippen LogP contribution >= 0.6 is 11.8 Å². The lowest BCUT2D eigenvalue weighted by Gasteiger charge is -2.34. The molecule has 0 N–H and O–H groups in total. The van der Waals surface area contributed by atoms with Crippen molar-refractivity contribution in [3.63, 3.8) is 0 Å². The molecule has 4 aromatic rings. The first-order valence-corrected chi connectivity index (χ1v) is 12.4. The summed E-state index contributed by atoms with van der Waals surface area (Å²) >= 11 is 1.37. The van der Waals surface area contributed by atoms with Crippen molar-refractivity contribution in [2.45, 2.75) is 12.1 Å². The van der Waals surface area contributed by atoms with Gasteiger partial charge in [-0.15, -0.1) is 10.2 Å². The summed E-state index contributed by atoms with van der Waals surface area (Å²) in [6.07, 6.45) is 1.49. The average molecular weight is 488 g/mol. The Hall–Kier alpha value is -3.85. The maximum atomic E-state index is 13.0. The highest BCUT2D eigenvalue weighted by Gasteiger charge is 2.26. The Kier molecular flexibility index (Phi) is 6.67. The Morgan fingerprint density at radius 3 is 2.29 bits per heavy atom. The zero-order valence-electron chi connectivity index (χ0n) is 19.3. The minimum absolute atomic E-state index is 0.0137. The molecule has 2 amide bonds. The average Bonchev–Trinajstić information content (AvgIpc) is 3.59. The van der Waals surface area contributed by atoms with Crippen LogP contribution in [0.1, 0.15) is 16.1 Å². The second-order valence-corrected chi connectivity index (χ2v) is 9.22. The van der Waals surface area contributed by atoms with E-state index >= 15 is 0 Å². The quantitative estimate of drug-likeness (QED) is 0.384. The molecule has 8 nitrogen and oxygen atoms in total. The highest BCUT2D eigenvalue weighted by atomic mass is 32.2. The molecule has 0 bridgehead atoms. The number of aromatic nitrogens is 3. The van der Waals surface area contributed by atoms with Gasteiger partial charge in [0.1, 0.15) is 0 Å². The molecule has 35 heavy (non-hydrogen) atoms. The lowest BCUT2D eigenvalue weighted by atomic mass is 10.2. The van der Waals surface area contributed by atoms with Gasteiger partial charge in [0.2, 0.25) is 5.91 Å². The van der Waals surface area contributed by atoms with Crippen molar-refractivity contribution < 1.29 is 14.0 Å². The summed E-state index contributed by atoms with van der Waals surface area (Å²) in [5, 5.41) is 9.52. The first-order valence-electron chi connectivity index (χ1n) is 11.4. The van der Waals surface area contributed by atoms with E-state index in [4.69, 9.17) is 4.42 Å². The van der Waals surface area contributed by atoms with Crippen LogP contribution in [0.25, 0.3) is 17.1 Å². The van der Waals surface area contributed by atoms with Gasteiger partial charge in [0.15, 0.2) is 16.7 Å². The molecule has 0 aliphatic carbocycles. The summed E-state index contributed by atoms with van der Waals surface area (Å²) in [6.45, 7) is 3.99. The van der Waals surface area contributed by atoms with E-state index in [0.717, 1.165) is 22.6 Å². The van der Waals surface area contributed by atoms with Gasteiger partial charge < -0.3 is 14.2 Å². The molecule has 1 aliphatic rings. The summed E-state index contributed by atoms with van der Waals surface area (Å²) in [7, 11) is 0. The van der Waals surface area contributed by atoms with E-state index in [1.54, 1.807) is 21.9 Å². The summed E-state index contributed by atoms with van der Waals surface area (Å²) < 4.78 is 7.20. The van der Waals surface area contributed by atoms with Crippen LogP contribution in [0.5, 0.6) is 0 Å². The number of nitrogens with zero attached hydrogens (tertiary/aromatic N) is 5. The van der Waals surface area contributed by atoms with E-state index in [9.17, 15) is 9.59 Å². The second kappa shape index (κ2) is 10.2. The predicted octanol–water partition coefficient (Wildman–Crippen LogP) is 3.91. The maximum absolute atomic E-state index is 13.0. The zero-order valence-corrected chi connectivity index (χ0v) is 20.1. The monoisotopic (exact) mass is 487 g/mol. The van der Waals surface area contributed by atoms with E-state index in [0.29, 0.717) is 37.1 Å². The molecule has 3 heterocycles. The Morgan fingerprint density at radius 2 is 1.60 bits per heavy atom. The number of piperazine rings is 1. The van der Waals surface area contributed by atoms with Crippen molar-refractivity contribution in [1.82, 2.24) is 24.6 Å². The third-order valence-corrected chi connectivity index (χ3v) is 6.85. The van der Waals surface area contributed by atoms with Crippen LogP contribution in [0.3, 0.4) is 0 Å². The van der Waals surface area contributed by atoms with E-state index in [-0.39, 0.29) is 17.6 Å². The molecule has 2 aromatic carbocycles. The Labute approximate surface area is 207 Å². The van der Waals surface area contributed by atoms with Crippen molar-refractivity contribution in [1.29, 1.82) is 0 Å². The van der Waals surface area contributed by atoms with Crippen LogP contribution < -0.4 is 0 Å². The molecule has 0 unspecified atom stereocenters. The lowest BCUT2D eigenvalue weighted by Crippen LogP contribution is -2.51.